The van der Waals surface area contributed by atoms with Crippen molar-refractivity contribution in [1.82, 2.24) is 10.2 Å². The number of likely N-dealkylation sites (tertiary alicyclic amines) is 1. The third-order valence-electron chi connectivity index (χ3n) is 4.99. The number of nitrogens with zero attached hydrogens (tertiary/aromatic N) is 1. The molecule has 0 aromatic carbocycles. The highest BCUT2D eigenvalue weighted by Gasteiger charge is 2.26. The van der Waals surface area contributed by atoms with Crippen LogP contribution >= 0.6 is 0 Å². The molecule has 126 valence electrons. The monoisotopic (exact) mass is 310 g/mol. The van der Waals surface area contributed by atoms with Crippen LogP contribution in [0.1, 0.15) is 57.8 Å². The Morgan fingerprint density at radius 1 is 1.09 bits per heavy atom. The van der Waals surface area contributed by atoms with E-state index in [0.717, 1.165) is 51.7 Å². The van der Waals surface area contributed by atoms with E-state index in [-0.39, 0.29) is 17.8 Å². The van der Waals surface area contributed by atoms with Crippen molar-refractivity contribution in [2.75, 3.05) is 26.7 Å². The average Bonchev–Trinajstić information content (AvgIpc) is 2.56. The number of carbonyl (C=O) groups is 2. The van der Waals surface area contributed by atoms with Gasteiger partial charge >= 0.3 is 5.97 Å². The highest BCUT2D eigenvalue weighted by molar-refractivity contribution is 5.79. The fourth-order valence-corrected chi connectivity index (χ4v) is 3.53. The molecule has 5 heteroatoms. The second-order valence-corrected chi connectivity index (χ2v) is 6.64. The zero-order chi connectivity index (χ0) is 15.8. The third kappa shape index (κ3) is 5.59. The summed E-state index contributed by atoms with van der Waals surface area (Å²) in [4.78, 5) is 25.8. The lowest BCUT2D eigenvalue weighted by molar-refractivity contribution is -0.140. The van der Waals surface area contributed by atoms with Crippen LogP contribution in [0.5, 0.6) is 0 Å². The van der Waals surface area contributed by atoms with Crippen LogP contribution < -0.4 is 5.32 Å². The molecular weight excluding hydrogens is 280 g/mol. The number of methoxy groups -OCH3 is 1. The molecule has 2 fully saturated rings. The molecule has 0 aromatic heterocycles. The van der Waals surface area contributed by atoms with Gasteiger partial charge < -0.3 is 15.0 Å². The van der Waals surface area contributed by atoms with Crippen LogP contribution in [0.25, 0.3) is 0 Å². The van der Waals surface area contributed by atoms with Crippen LogP contribution in [-0.4, -0.2) is 49.6 Å². The normalized spacial score (nSPS) is 21.5. The van der Waals surface area contributed by atoms with Gasteiger partial charge in [0.15, 0.2) is 0 Å². The third-order valence-corrected chi connectivity index (χ3v) is 4.99. The molecule has 5 nitrogen and oxygen atoms in total. The Balaban J connectivity index is 1.61. The van der Waals surface area contributed by atoms with Crippen molar-refractivity contribution in [3.63, 3.8) is 0 Å². The van der Waals surface area contributed by atoms with E-state index in [1.54, 1.807) is 0 Å². The van der Waals surface area contributed by atoms with Crippen LogP contribution in [0.2, 0.25) is 0 Å². The predicted octanol–water partition coefficient (Wildman–Crippen LogP) is 2.10. The van der Waals surface area contributed by atoms with Gasteiger partial charge in [0.1, 0.15) is 0 Å². The van der Waals surface area contributed by atoms with Crippen LogP contribution in [0.15, 0.2) is 0 Å². The Hall–Kier alpha value is -1.10. The lowest BCUT2D eigenvalue weighted by Crippen LogP contribution is -2.44. The summed E-state index contributed by atoms with van der Waals surface area (Å²) in [6.45, 7) is 2.85. The van der Waals surface area contributed by atoms with Crippen molar-refractivity contribution in [2.45, 2.75) is 63.8 Å². The number of hydrogen-bond acceptors (Lipinski definition) is 4. The van der Waals surface area contributed by atoms with E-state index in [4.69, 9.17) is 0 Å². The predicted molar refractivity (Wildman–Crippen MR) is 85.4 cm³/mol. The van der Waals surface area contributed by atoms with Crippen molar-refractivity contribution >= 4 is 11.9 Å². The minimum absolute atomic E-state index is 0.137. The second kappa shape index (κ2) is 9.13. The Morgan fingerprint density at radius 3 is 2.41 bits per heavy atom. The topological polar surface area (TPSA) is 58.6 Å². The van der Waals surface area contributed by atoms with E-state index >= 15 is 0 Å². The molecule has 1 aliphatic heterocycles. The molecule has 1 N–H and O–H groups in total. The molecule has 0 aromatic rings. The minimum Gasteiger partial charge on any atom is -0.469 e. The fraction of sp³-hybridized carbons (Fsp3) is 0.882. The Morgan fingerprint density at radius 2 is 1.77 bits per heavy atom. The number of ether oxygens (including phenoxy) is 1. The molecule has 0 atom stereocenters. The number of piperidine rings is 1. The van der Waals surface area contributed by atoms with Gasteiger partial charge in [-0.2, -0.15) is 0 Å². The van der Waals surface area contributed by atoms with Gasteiger partial charge in [-0.1, -0.05) is 19.3 Å². The number of nitrogens with one attached hydrogen (secondary N) is 1. The largest absolute Gasteiger partial charge is 0.469 e. The minimum atomic E-state index is -0.137. The van der Waals surface area contributed by atoms with E-state index in [9.17, 15) is 9.59 Å². The molecule has 0 unspecified atom stereocenters. The van der Waals surface area contributed by atoms with Crippen LogP contribution in [0.3, 0.4) is 0 Å². The van der Waals surface area contributed by atoms with Gasteiger partial charge in [0, 0.05) is 18.4 Å². The van der Waals surface area contributed by atoms with Gasteiger partial charge in [0.25, 0.3) is 0 Å². The first-order chi connectivity index (χ1) is 10.7. The summed E-state index contributed by atoms with van der Waals surface area (Å²) in [5, 5.41) is 3.25. The van der Waals surface area contributed by atoms with E-state index in [1.807, 2.05) is 0 Å². The van der Waals surface area contributed by atoms with Crippen molar-refractivity contribution in [1.29, 1.82) is 0 Å². The lowest BCUT2D eigenvalue weighted by atomic mass is 9.92. The first-order valence-electron chi connectivity index (χ1n) is 8.78. The summed E-state index contributed by atoms with van der Waals surface area (Å²) >= 11 is 0. The molecule has 0 spiro atoms. The molecule has 0 radical (unpaired) electrons. The fourth-order valence-electron chi connectivity index (χ4n) is 3.53. The van der Waals surface area contributed by atoms with Gasteiger partial charge in [-0.25, -0.2) is 0 Å². The van der Waals surface area contributed by atoms with Crippen molar-refractivity contribution in [3.05, 3.63) is 0 Å². The van der Waals surface area contributed by atoms with E-state index in [0.29, 0.717) is 12.5 Å². The summed E-state index contributed by atoms with van der Waals surface area (Å²) < 4.78 is 4.65. The van der Waals surface area contributed by atoms with Gasteiger partial charge in [0.05, 0.1) is 7.11 Å². The molecule has 1 heterocycles. The molecule has 1 saturated heterocycles. The average molecular weight is 310 g/mol. The summed E-state index contributed by atoms with van der Waals surface area (Å²) in [6, 6.07) is 0.416. The molecule has 22 heavy (non-hydrogen) atoms. The quantitative estimate of drug-likeness (QED) is 0.763. The van der Waals surface area contributed by atoms with Gasteiger partial charge in [-0.05, 0) is 51.7 Å². The first-order valence-corrected chi connectivity index (χ1v) is 8.78. The molecular formula is C17H30N2O3. The number of esters is 1. The second-order valence-electron chi connectivity index (χ2n) is 6.64. The number of hydrogen-bond donors (Lipinski definition) is 1. The molecule has 0 bridgehead atoms. The van der Waals surface area contributed by atoms with Crippen LogP contribution in [0.4, 0.5) is 0 Å². The van der Waals surface area contributed by atoms with Crippen molar-refractivity contribution in [2.24, 2.45) is 5.92 Å². The number of carbonyl (C=O) groups excluding carboxylic acids is 2. The van der Waals surface area contributed by atoms with Gasteiger partial charge in [-0.15, -0.1) is 0 Å². The molecule has 2 rings (SSSR count). The van der Waals surface area contributed by atoms with Gasteiger partial charge in [0.2, 0.25) is 5.91 Å². The van der Waals surface area contributed by atoms with Crippen molar-refractivity contribution < 1.29 is 14.3 Å². The van der Waals surface area contributed by atoms with Crippen LogP contribution in [0, 0.1) is 5.92 Å². The van der Waals surface area contributed by atoms with Crippen LogP contribution in [-0.2, 0) is 14.3 Å². The highest BCUT2D eigenvalue weighted by Crippen LogP contribution is 2.21. The van der Waals surface area contributed by atoms with E-state index in [1.165, 1.54) is 26.4 Å². The van der Waals surface area contributed by atoms with Crippen molar-refractivity contribution in [3.8, 4) is 0 Å². The van der Waals surface area contributed by atoms with E-state index < -0.39 is 0 Å². The summed E-state index contributed by atoms with van der Waals surface area (Å²) in [5.41, 5.74) is 0. The Labute approximate surface area is 133 Å². The summed E-state index contributed by atoms with van der Waals surface area (Å²) in [5.74, 6) is 0.307. The summed E-state index contributed by atoms with van der Waals surface area (Å²) in [6.07, 6.45) is 9.33. The maximum atomic E-state index is 12.3. The SMILES string of the molecule is COC(=O)CCCN1CCC(C(=O)NC2CCCCC2)CC1. The molecule has 2 aliphatic rings. The van der Waals surface area contributed by atoms with Gasteiger partial charge in [-0.3, -0.25) is 9.59 Å². The molecule has 1 amide bonds. The first kappa shape index (κ1) is 17.3. The highest BCUT2D eigenvalue weighted by atomic mass is 16.5. The maximum Gasteiger partial charge on any atom is 0.305 e. The molecule has 1 saturated carbocycles. The molecule has 1 aliphatic carbocycles. The number of rotatable bonds is 6. The smallest absolute Gasteiger partial charge is 0.305 e. The lowest BCUT2D eigenvalue weighted by Gasteiger charge is -2.32. The zero-order valence-corrected chi connectivity index (χ0v) is 13.8. The Kier molecular flexibility index (Phi) is 7.16. The standard InChI is InChI=1S/C17H30N2O3/c1-22-16(20)8-5-11-19-12-9-14(10-13-19)17(21)18-15-6-3-2-4-7-15/h14-15H,2-13H2,1H3,(H,18,21). The summed E-state index contributed by atoms with van der Waals surface area (Å²) in [7, 11) is 1.43. The van der Waals surface area contributed by atoms with E-state index in [2.05, 4.69) is 15.0 Å². The zero-order valence-electron chi connectivity index (χ0n) is 13.8. The maximum absolute atomic E-state index is 12.3. The Bertz CT molecular complexity index is 359. The number of amides is 1.